The topological polar surface area (TPSA) is 17.1 Å². The zero-order valence-electron chi connectivity index (χ0n) is 9.54. The fraction of sp³-hybridized carbons (Fsp3) is 0.133. The summed E-state index contributed by atoms with van der Waals surface area (Å²) in [5, 5.41) is 0. The van der Waals surface area contributed by atoms with Gasteiger partial charge >= 0.3 is 0 Å². The van der Waals surface area contributed by atoms with Gasteiger partial charge in [0.1, 0.15) is 11.6 Å². The lowest BCUT2D eigenvalue weighted by Gasteiger charge is -2.09. The molecule has 0 N–H and O–H groups in total. The predicted molar refractivity (Wildman–Crippen MR) is 64.4 cm³/mol. The number of carbonyl (C=O) groups excluding carboxylic acids is 1. The number of benzene rings is 2. The molecular formula is C15H10F2O. The molecule has 0 aromatic heterocycles. The van der Waals surface area contributed by atoms with Gasteiger partial charge in [-0.15, -0.1) is 0 Å². The average molecular weight is 244 g/mol. The summed E-state index contributed by atoms with van der Waals surface area (Å²) in [7, 11) is 0. The molecule has 2 aromatic carbocycles. The first-order valence-corrected chi connectivity index (χ1v) is 5.77. The molecule has 1 aliphatic carbocycles. The van der Waals surface area contributed by atoms with Crippen molar-refractivity contribution in [2.75, 3.05) is 0 Å². The maximum atomic E-state index is 13.8. The Kier molecular flexibility index (Phi) is 2.47. The highest BCUT2D eigenvalue weighted by atomic mass is 19.1. The SMILES string of the molecule is O=C1CCc2c1cccc2-c1ccc(F)cc1F. The van der Waals surface area contributed by atoms with Crippen LogP contribution in [0.25, 0.3) is 11.1 Å². The lowest BCUT2D eigenvalue weighted by atomic mass is 9.96. The molecular weight excluding hydrogens is 234 g/mol. The minimum Gasteiger partial charge on any atom is -0.294 e. The Hall–Kier alpha value is -2.03. The monoisotopic (exact) mass is 244 g/mol. The van der Waals surface area contributed by atoms with Gasteiger partial charge in [0.05, 0.1) is 0 Å². The molecule has 0 bridgehead atoms. The molecule has 0 radical (unpaired) electrons. The normalized spacial score (nSPS) is 13.8. The average Bonchev–Trinajstić information content (AvgIpc) is 2.72. The van der Waals surface area contributed by atoms with Gasteiger partial charge in [0.25, 0.3) is 0 Å². The third-order valence-corrected chi connectivity index (χ3v) is 3.30. The standard InChI is InChI=1S/C15H10F2O/c16-9-4-5-12(14(17)8-9)10-2-1-3-13-11(10)6-7-15(13)18/h1-5,8H,6-7H2. The highest BCUT2D eigenvalue weighted by Gasteiger charge is 2.23. The number of halogens is 2. The molecule has 0 saturated carbocycles. The highest BCUT2D eigenvalue weighted by Crippen LogP contribution is 2.33. The van der Waals surface area contributed by atoms with Gasteiger partial charge in [0, 0.05) is 23.6 Å². The Morgan fingerprint density at radius 1 is 0.889 bits per heavy atom. The van der Waals surface area contributed by atoms with E-state index in [1.165, 1.54) is 12.1 Å². The van der Waals surface area contributed by atoms with Crippen molar-refractivity contribution >= 4 is 5.78 Å². The maximum Gasteiger partial charge on any atom is 0.163 e. The van der Waals surface area contributed by atoms with Crippen LogP contribution in [0.4, 0.5) is 8.78 Å². The zero-order valence-corrected chi connectivity index (χ0v) is 9.54. The summed E-state index contributed by atoms with van der Waals surface area (Å²) in [4.78, 5) is 11.6. The van der Waals surface area contributed by atoms with Crippen LogP contribution in [-0.2, 0) is 6.42 Å². The zero-order chi connectivity index (χ0) is 12.7. The van der Waals surface area contributed by atoms with Crippen molar-refractivity contribution in [2.45, 2.75) is 12.8 Å². The van der Waals surface area contributed by atoms with Gasteiger partial charge in [-0.25, -0.2) is 8.78 Å². The van der Waals surface area contributed by atoms with Crippen LogP contribution in [0, 0.1) is 11.6 Å². The van der Waals surface area contributed by atoms with Gasteiger partial charge in [-0.1, -0.05) is 18.2 Å². The molecule has 0 amide bonds. The number of carbonyl (C=O) groups is 1. The number of hydrogen-bond acceptors (Lipinski definition) is 1. The van der Waals surface area contributed by atoms with Crippen molar-refractivity contribution in [1.82, 2.24) is 0 Å². The van der Waals surface area contributed by atoms with Gasteiger partial charge in [0.15, 0.2) is 5.78 Å². The Balaban J connectivity index is 2.22. The molecule has 0 fully saturated rings. The molecule has 90 valence electrons. The van der Waals surface area contributed by atoms with E-state index in [0.717, 1.165) is 11.6 Å². The molecule has 1 nitrogen and oxygen atoms in total. The molecule has 18 heavy (non-hydrogen) atoms. The highest BCUT2D eigenvalue weighted by molar-refractivity contribution is 6.02. The van der Waals surface area contributed by atoms with E-state index in [4.69, 9.17) is 0 Å². The maximum absolute atomic E-state index is 13.8. The van der Waals surface area contributed by atoms with E-state index in [1.54, 1.807) is 18.2 Å². The second kappa shape index (κ2) is 4.02. The van der Waals surface area contributed by atoms with Gasteiger partial charge in [-0.05, 0) is 29.7 Å². The first kappa shape index (κ1) is 11.1. The summed E-state index contributed by atoms with van der Waals surface area (Å²) in [6.07, 6.45) is 1.09. The molecule has 3 rings (SSSR count). The molecule has 0 saturated heterocycles. The number of hydrogen-bond donors (Lipinski definition) is 0. The fourth-order valence-corrected chi connectivity index (χ4v) is 2.45. The molecule has 2 aromatic rings. The van der Waals surface area contributed by atoms with Gasteiger partial charge in [0.2, 0.25) is 0 Å². The minimum absolute atomic E-state index is 0.0920. The van der Waals surface area contributed by atoms with Crippen molar-refractivity contribution in [1.29, 1.82) is 0 Å². The van der Waals surface area contributed by atoms with Gasteiger partial charge in [-0.3, -0.25) is 4.79 Å². The van der Waals surface area contributed by atoms with E-state index in [1.807, 2.05) is 0 Å². The van der Waals surface area contributed by atoms with E-state index in [2.05, 4.69) is 0 Å². The van der Waals surface area contributed by atoms with Crippen LogP contribution in [-0.4, -0.2) is 5.78 Å². The summed E-state index contributed by atoms with van der Waals surface area (Å²) in [5.41, 5.74) is 2.57. The second-order valence-electron chi connectivity index (χ2n) is 4.38. The molecule has 0 spiro atoms. The smallest absolute Gasteiger partial charge is 0.163 e. The number of rotatable bonds is 1. The molecule has 0 atom stereocenters. The van der Waals surface area contributed by atoms with Crippen molar-refractivity contribution in [3.63, 3.8) is 0 Å². The third kappa shape index (κ3) is 1.63. The lowest BCUT2D eigenvalue weighted by molar-refractivity contribution is 0.0994. The molecule has 0 aliphatic heterocycles. The largest absolute Gasteiger partial charge is 0.294 e. The van der Waals surface area contributed by atoms with Gasteiger partial charge < -0.3 is 0 Å². The Labute approximate surface area is 103 Å². The summed E-state index contributed by atoms with van der Waals surface area (Å²) >= 11 is 0. The first-order valence-electron chi connectivity index (χ1n) is 5.77. The van der Waals surface area contributed by atoms with Gasteiger partial charge in [-0.2, -0.15) is 0 Å². The number of fused-ring (bicyclic) bond motifs is 1. The number of Topliss-reactive ketones (excluding diaryl/α,β-unsaturated/α-hetero) is 1. The quantitative estimate of drug-likeness (QED) is 0.746. The van der Waals surface area contributed by atoms with Crippen molar-refractivity contribution in [3.8, 4) is 11.1 Å². The minimum atomic E-state index is -0.597. The third-order valence-electron chi connectivity index (χ3n) is 3.30. The molecule has 0 unspecified atom stereocenters. The van der Waals surface area contributed by atoms with Crippen LogP contribution in [0.1, 0.15) is 22.3 Å². The fourth-order valence-electron chi connectivity index (χ4n) is 2.45. The van der Waals surface area contributed by atoms with E-state index < -0.39 is 11.6 Å². The molecule has 1 aliphatic rings. The second-order valence-corrected chi connectivity index (χ2v) is 4.38. The first-order chi connectivity index (χ1) is 8.66. The van der Waals surface area contributed by atoms with Crippen LogP contribution in [0.2, 0.25) is 0 Å². The Morgan fingerprint density at radius 2 is 1.67 bits per heavy atom. The van der Waals surface area contributed by atoms with Crippen LogP contribution < -0.4 is 0 Å². The van der Waals surface area contributed by atoms with Crippen molar-refractivity contribution < 1.29 is 13.6 Å². The lowest BCUT2D eigenvalue weighted by Crippen LogP contribution is -1.94. The summed E-state index contributed by atoms with van der Waals surface area (Å²) in [5.74, 6) is -1.10. The van der Waals surface area contributed by atoms with E-state index in [0.29, 0.717) is 29.5 Å². The van der Waals surface area contributed by atoms with E-state index >= 15 is 0 Å². The predicted octanol–water partition coefficient (Wildman–Crippen LogP) is 3.76. The summed E-state index contributed by atoms with van der Waals surface area (Å²) in [6, 6.07) is 8.78. The summed E-state index contributed by atoms with van der Waals surface area (Å²) < 4.78 is 26.7. The van der Waals surface area contributed by atoms with E-state index in [9.17, 15) is 13.6 Å². The molecule has 0 heterocycles. The summed E-state index contributed by atoms with van der Waals surface area (Å²) in [6.45, 7) is 0. The van der Waals surface area contributed by atoms with Crippen LogP contribution in [0.3, 0.4) is 0 Å². The Bertz CT molecular complexity index is 647. The molecule has 3 heteroatoms. The van der Waals surface area contributed by atoms with Crippen molar-refractivity contribution in [2.24, 2.45) is 0 Å². The van der Waals surface area contributed by atoms with Crippen LogP contribution in [0.5, 0.6) is 0 Å². The Morgan fingerprint density at radius 3 is 2.44 bits per heavy atom. The van der Waals surface area contributed by atoms with Crippen LogP contribution in [0.15, 0.2) is 36.4 Å². The van der Waals surface area contributed by atoms with E-state index in [-0.39, 0.29) is 5.78 Å². The van der Waals surface area contributed by atoms with Crippen LogP contribution >= 0.6 is 0 Å². The van der Waals surface area contributed by atoms with Crippen molar-refractivity contribution in [3.05, 3.63) is 59.2 Å². The number of ketones is 1.